The summed E-state index contributed by atoms with van der Waals surface area (Å²) < 4.78 is 44.1. The second kappa shape index (κ2) is 3.84. The predicted octanol–water partition coefficient (Wildman–Crippen LogP) is -1.10. The van der Waals surface area contributed by atoms with Gasteiger partial charge in [-0.15, -0.1) is 0 Å². The average molecular weight is 316 g/mol. The summed E-state index contributed by atoms with van der Waals surface area (Å²) in [6.45, 7) is 2.66. The van der Waals surface area contributed by atoms with Gasteiger partial charge in [0, 0.05) is 6.08 Å². The second-order valence-corrected chi connectivity index (χ2v) is 7.28. The van der Waals surface area contributed by atoms with Crippen LogP contribution in [0.25, 0.3) is 0 Å². The third-order valence-electron chi connectivity index (χ3n) is 4.68. The Balaban J connectivity index is 1.44. The van der Waals surface area contributed by atoms with E-state index in [-0.39, 0.29) is 12.0 Å². The molecule has 3 aliphatic heterocycles. The minimum absolute atomic E-state index is 0.149. The van der Waals surface area contributed by atoms with Crippen molar-refractivity contribution in [1.29, 1.82) is 0 Å². The van der Waals surface area contributed by atoms with Crippen LogP contribution in [0.4, 0.5) is 0 Å². The third-order valence-corrected chi connectivity index (χ3v) is 6.41. The summed E-state index contributed by atoms with van der Waals surface area (Å²) in [5.74, 6) is -1.63. The highest BCUT2D eigenvalue weighted by molar-refractivity contribution is 7.87. The first-order chi connectivity index (χ1) is 9.90. The summed E-state index contributed by atoms with van der Waals surface area (Å²) in [5, 5.41) is -0.654. The van der Waals surface area contributed by atoms with Crippen LogP contribution in [0, 0.1) is 5.92 Å². The van der Waals surface area contributed by atoms with E-state index in [2.05, 4.69) is 11.3 Å². The SMILES string of the molecule is C=CC(=O)OCC(=O)OC1C2OS(=O)(=O)C3CC4OC23C41. The molecule has 0 aromatic carbocycles. The number of hydrogen-bond acceptors (Lipinski definition) is 8. The Morgan fingerprint density at radius 2 is 2.19 bits per heavy atom. The lowest BCUT2D eigenvalue weighted by Crippen LogP contribution is -2.79. The molecule has 2 saturated carbocycles. The molecule has 8 nitrogen and oxygen atoms in total. The minimum Gasteiger partial charge on any atom is -0.456 e. The topological polar surface area (TPSA) is 105 Å². The molecule has 3 saturated heterocycles. The van der Waals surface area contributed by atoms with Gasteiger partial charge in [0.15, 0.2) is 6.61 Å². The molecule has 0 aromatic heterocycles. The highest BCUT2D eigenvalue weighted by Gasteiger charge is 2.89. The summed E-state index contributed by atoms with van der Waals surface area (Å²) in [4.78, 5) is 22.5. The van der Waals surface area contributed by atoms with Crippen LogP contribution in [0.3, 0.4) is 0 Å². The quantitative estimate of drug-likeness (QED) is 0.365. The molecule has 1 spiro atoms. The minimum atomic E-state index is -3.66. The molecule has 6 atom stereocenters. The van der Waals surface area contributed by atoms with Crippen LogP contribution in [0.2, 0.25) is 0 Å². The van der Waals surface area contributed by atoms with Crippen LogP contribution in [-0.2, 0) is 38.1 Å². The van der Waals surface area contributed by atoms with Gasteiger partial charge in [0.1, 0.15) is 23.1 Å². The second-order valence-electron chi connectivity index (χ2n) is 5.54. The van der Waals surface area contributed by atoms with E-state index in [1.807, 2.05) is 0 Å². The fraction of sp³-hybridized carbons (Fsp3) is 0.667. The molecule has 5 aliphatic rings. The van der Waals surface area contributed by atoms with Crippen LogP contribution in [-0.4, -0.2) is 56.1 Å². The van der Waals surface area contributed by atoms with Crippen molar-refractivity contribution in [2.24, 2.45) is 5.92 Å². The average Bonchev–Trinajstić information content (AvgIpc) is 3.01. The van der Waals surface area contributed by atoms with Gasteiger partial charge in [-0.1, -0.05) is 6.58 Å². The maximum absolute atomic E-state index is 11.9. The molecule has 9 heteroatoms. The number of esters is 2. The van der Waals surface area contributed by atoms with Gasteiger partial charge in [0.25, 0.3) is 10.1 Å². The number of rotatable bonds is 4. The van der Waals surface area contributed by atoms with E-state index in [0.717, 1.165) is 6.08 Å². The zero-order chi connectivity index (χ0) is 15.0. The predicted molar refractivity (Wildman–Crippen MR) is 64.3 cm³/mol. The maximum Gasteiger partial charge on any atom is 0.344 e. The molecular formula is C12H12O8S. The summed E-state index contributed by atoms with van der Waals surface area (Å²) >= 11 is 0. The fourth-order valence-electron chi connectivity index (χ4n) is 3.94. The molecule has 0 radical (unpaired) electrons. The number of carbonyl (C=O) groups is 2. The van der Waals surface area contributed by atoms with E-state index in [0.29, 0.717) is 6.42 Å². The van der Waals surface area contributed by atoms with Gasteiger partial charge in [0.05, 0.1) is 12.0 Å². The summed E-state index contributed by atoms with van der Waals surface area (Å²) in [6, 6.07) is 0. The van der Waals surface area contributed by atoms with Crippen LogP contribution in [0.15, 0.2) is 12.7 Å². The lowest BCUT2D eigenvalue weighted by atomic mass is 9.61. The molecule has 5 fully saturated rings. The van der Waals surface area contributed by atoms with Crippen molar-refractivity contribution in [2.45, 2.75) is 35.6 Å². The van der Waals surface area contributed by atoms with E-state index in [1.165, 1.54) is 0 Å². The van der Waals surface area contributed by atoms with Crippen molar-refractivity contribution >= 4 is 22.1 Å². The zero-order valence-corrected chi connectivity index (χ0v) is 11.6. The van der Waals surface area contributed by atoms with E-state index in [1.54, 1.807) is 0 Å². The highest BCUT2D eigenvalue weighted by atomic mass is 32.2. The molecule has 2 bridgehead atoms. The molecule has 0 N–H and O–H groups in total. The number of carbonyl (C=O) groups excluding carboxylic acids is 2. The van der Waals surface area contributed by atoms with Crippen LogP contribution in [0.5, 0.6) is 0 Å². The molecule has 6 unspecified atom stereocenters. The highest BCUT2D eigenvalue weighted by Crippen LogP contribution is 2.70. The van der Waals surface area contributed by atoms with Crippen LogP contribution < -0.4 is 0 Å². The van der Waals surface area contributed by atoms with Gasteiger partial charge in [-0.3, -0.25) is 4.18 Å². The lowest BCUT2D eigenvalue weighted by Gasteiger charge is -2.61. The summed E-state index contributed by atoms with van der Waals surface area (Å²) in [6.07, 6.45) is -0.346. The summed E-state index contributed by atoms with van der Waals surface area (Å²) in [7, 11) is -3.66. The van der Waals surface area contributed by atoms with Gasteiger partial charge < -0.3 is 14.2 Å². The van der Waals surface area contributed by atoms with Gasteiger partial charge >= 0.3 is 11.9 Å². The van der Waals surface area contributed by atoms with E-state index in [9.17, 15) is 18.0 Å². The van der Waals surface area contributed by atoms with Crippen molar-refractivity contribution < 1.29 is 36.4 Å². The Hall–Kier alpha value is -1.45. The van der Waals surface area contributed by atoms with Crippen molar-refractivity contribution in [3.8, 4) is 0 Å². The smallest absolute Gasteiger partial charge is 0.344 e. The monoisotopic (exact) mass is 316 g/mol. The largest absolute Gasteiger partial charge is 0.456 e. The Labute approximate surface area is 120 Å². The van der Waals surface area contributed by atoms with Crippen molar-refractivity contribution in [3.63, 3.8) is 0 Å². The first-order valence-electron chi connectivity index (χ1n) is 6.49. The van der Waals surface area contributed by atoms with E-state index < -0.39 is 51.7 Å². The van der Waals surface area contributed by atoms with Gasteiger partial charge in [-0.2, -0.15) is 8.42 Å². The van der Waals surface area contributed by atoms with Gasteiger partial charge in [-0.25, -0.2) is 9.59 Å². The first-order valence-corrected chi connectivity index (χ1v) is 7.96. The maximum atomic E-state index is 11.9. The summed E-state index contributed by atoms with van der Waals surface area (Å²) in [5.41, 5.74) is -0.827. The molecule has 0 aromatic rings. The van der Waals surface area contributed by atoms with E-state index in [4.69, 9.17) is 13.7 Å². The number of hydrogen-bond donors (Lipinski definition) is 0. The van der Waals surface area contributed by atoms with Crippen molar-refractivity contribution in [1.82, 2.24) is 0 Å². The Kier molecular flexibility index (Phi) is 2.42. The van der Waals surface area contributed by atoms with Crippen molar-refractivity contribution in [2.75, 3.05) is 6.61 Å². The standard InChI is InChI=1S/C12H12O8S/c1-2-7(13)17-4-8(14)18-10-9-5-3-6-12(9,19-5)11(10)20-21(6,15)16/h2,5-6,9-11H,1,3-4H2. The van der Waals surface area contributed by atoms with Crippen molar-refractivity contribution in [3.05, 3.63) is 12.7 Å². The van der Waals surface area contributed by atoms with Crippen LogP contribution in [0.1, 0.15) is 6.42 Å². The molecular weight excluding hydrogens is 304 g/mol. The Morgan fingerprint density at radius 3 is 2.90 bits per heavy atom. The normalized spacial score (nSPS) is 46.8. The first kappa shape index (κ1) is 13.2. The third kappa shape index (κ3) is 1.43. The Morgan fingerprint density at radius 1 is 1.43 bits per heavy atom. The fourth-order valence-corrected chi connectivity index (χ4v) is 5.85. The molecule has 0 amide bonds. The van der Waals surface area contributed by atoms with Gasteiger partial charge in [-0.05, 0) is 6.42 Å². The molecule has 2 aliphatic carbocycles. The van der Waals surface area contributed by atoms with Gasteiger partial charge in [0.2, 0.25) is 0 Å². The Bertz CT molecular complexity index is 654. The van der Waals surface area contributed by atoms with Crippen LogP contribution >= 0.6 is 0 Å². The molecule has 5 rings (SSSR count). The van der Waals surface area contributed by atoms with E-state index >= 15 is 0 Å². The molecule has 21 heavy (non-hydrogen) atoms. The molecule has 114 valence electrons. The molecule has 3 heterocycles. The zero-order valence-electron chi connectivity index (χ0n) is 10.8. The number of ether oxygens (including phenoxy) is 3. The lowest BCUT2D eigenvalue weighted by molar-refractivity contribution is -0.351.